The Hall–Kier alpha value is -5.00. The van der Waals surface area contributed by atoms with Gasteiger partial charge in [0.25, 0.3) is 0 Å². The minimum Gasteiger partial charge on any atom is -0.496 e. The number of aliphatic hydroxyl groups is 2. The van der Waals surface area contributed by atoms with Crippen LogP contribution in [0.2, 0.25) is 0 Å². The molecule has 6 rings (SSSR count). The summed E-state index contributed by atoms with van der Waals surface area (Å²) in [6, 6.07) is 17.8. The molecule has 47 heavy (non-hydrogen) atoms. The van der Waals surface area contributed by atoms with Crippen LogP contribution in [0.25, 0.3) is 0 Å². The first kappa shape index (κ1) is 32.0. The van der Waals surface area contributed by atoms with Crippen LogP contribution in [0, 0.1) is 0 Å². The van der Waals surface area contributed by atoms with Crippen molar-refractivity contribution in [1.82, 2.24) is 0 Å². The molecule has 0 amide bonds. The normalized spacial score (nSPS) is 19.7. The van der Waals surface area contributed by atoms with E-state index in [1.807, 2.05) is 12.1 Å². The molecule has 4 atom stereocenters. The quantitative estimate of drug-likeness (QED) is 0.224. The average Bonchev–Trinajstić information content (AvgIpc) is 3.10. The zero-order valence-electron chi connectivity index (χ0n) is 27.1. The van der Waals surface area contributed by atoms with Crippen LogP contribution in [0.5, 0.6) is 57.5 Å². The first-order valence-electron chi connectivity index (χ1n) is 15.0. The summed E-state index contributed by atoms with van der Waals surface area (Å²) in [7, 11) is 9.36. The van der Waals surface area contributed by atoms with Crippen LogP contribution in [-0.4, -0.2) is 65.1 Å². The maximum atomic E-state index is 11.2. The second-order valence-corrected chi connectivity index (χ2v) is 11.2. The van der Waals surface area contributed by atoms with Crippen molar-refractivity contribution in [1.29, 1.82) is 0 Å². The van der Waals surface area contributed by atoms with Crippen molar-refractivity contribution in [3.8, 4) is 57.5 Å². The second kappa shape index (κ2) is 13.4. The molecule has 2 N–H and O–H groups in total. The van der Waals surface area contributed by atoms with Gasteiger partial charge in [0.15, 0.2) is 23.0 Å². The van der Waals surface area contributed by atoms with Crippen molar-refractivity contribution in [2.24, 2.45) is 0 Å². The number of fused-ring (bicyclic) bond motifs is 2. The van der Waals surface area contributed by atoms with Crippen molar-refractivity contribution >= 4 is 0 Å². The number of ether oxygens (including phenoxy) is 9. The first-order valence-corrected chi connectivity index (χ1v) is 15.0. The first-order chi connectivity index (χ1) is 22.8. The van der Waals surface area contributed by atoms with Gasteiger partial charge in [-0.15, -0.1) is 0 Å². The molecule has 0 saturated carbocycles. The van der Waals surface area contributed by atoms with Gasteiger partial charge in [0.1, 0.15) is 46.7 Å². The lowest BCUT2D eigenvalue weighted by Crippen LogP contribution is -2.30. The van der Waals surface area contributed by atoms with Crippen molar-refractivity contribution in [2.45, 2.75) is 37.3 Å². The number of methoxy groups -OCH3 is 6. The standard InChI is InChI=1S/C36H38O11/c1-39-21-13-29(43-5)23-17-25(37)35(46-31(23)15-21)19-7-9-27(41-3)33(11-19)45-34-12-20(8-10-28(34)42-4)36-26(38)18-24-30(44-6)14-22(40-2)16-32(24)47-36/h7-16,25-26,35-38H,17-18H2,1-6H3/t25-,26-,35+,36+/m0/s1. The molecule has 11 nitrogen and oxygen atoms in total. The molecule has 11 heteroatoms. The molecular formula is C36H38O11. The number of rotatable bonds is 10. The van der Waals surface area contributed by atoms with Gasteiger partial charge in [-0.2, -0.15) is 0 Å². The lowest BCUT2D eigenvalue weighted by atomic mass is 9.93. The topological polar surface area (TPSA) is 124 Å². The van der Waals surface area contributed by atoms with E-state index in [0.717, 1.165) is 11.1 Å². The van der Waals surface area contributed by atoms with Crippen LogP contribution in [-0.2, 0) is 12.8 Å². The van der Waals surface area contributed by atoms with Gasteiger partial charge in [-0.1, -0.05) is 12.1 Å². The Balaban J connectivity index is 1.32. The van der Waals surface area contributed by atoms with E-state index in [9.17, 15) is 10.2 Å². The number of hydrogen-bond donors (Lipinski definition) is 2. The molecule has 0 fully saturated rings. The molecule has 4 aromatic rings. The fourth-order valence-electron chi connectivity index (χ4n) is 6.07. The highest BCUT2D eigenvalue weighted by atomic mass is 16.5. The summed E-state index contributed by atoms with van der Waals surface area (Å²) in [4.78, 5) is 0. The van der Waals surface area contributed by atoms with E-state index in [-0.39, 0.29) is 0 Å². The molecule has 2 aliphatic rings. The van der Waals surface area contributed by atoms with Gasteiger partial charge in [0.2, 0.25) is 0 Å². The highest BCUT2D eigenvalue weighted by molar-refractivity contribution is 5.56. The van der Waals surface area contributed by atoms with Crippen LogP contribution in [0.15, 0.2) is 60.7 Å². The predicted octanol–water partition coefficient (Wildman–Crippen LogP) is 5.60. The smallest absolute Gasteiger partial charge is 0.169 e. The largest absolute Gasteiger partial charge is 0.496 e. The Morgan fingerprint density at radius 1 is 0.489 bits per heavy atom. The molecule has 0 bridgehead atoms. The zero-order chi connectivity index (χ0) is 33.2. The monoisotopic (exact) mass is 646 g/mol. The molecule has 0 spiro atoms. The van der Waals surface area contributed by atoms with E-state index in [1.165, 1.54) is 0 Å². The van der Waals surface area contributed by atoms with Crippen molar-refractivity contribution in [3.05, 3.63) is 82.9 Å². The molecule has 2 heterocycles. The van der Waals surface area contributed by atoms with E-state index in [1.54, 1.807) is 91.2 Å². The summed E-state index contributed by atoms with van der Waals surface area (Å²) < 4.78 is 52.2. The summed E-state index contributed by atoms with van der Waals surface area (Å²) in [6.45, 7) is 0. The van der Waals surface area contributed by atoms with Gasteiger partial charge in [-0.25, -0.2) is 0 Å². The van der Waals surface area contributed by atoms with Crippen LogP contribution >= 0.6 is 0 Å². The second-order valence-electron chi connectivity index (χ2n) is 11.2. The third kappa shape index (κ3) is 6.11. The van der Waals surface area contributed by atoms with Gasteiger partial charge in [0.05, 0.1) is 54.9 Å². The zero-order valence-corrected chi connectivity index (χ0v) is 27.1. The van der Waals surface area contributed by atoms with Crippen molar-refractivity contribution in [3.63, 3.8) is 0 Å². The SMILES string of the molecule is COc1cc(OC)c2c(c1)O[C@H](c1ccc(OC)c(Oc3cc([C@H]4Oc5cc(OC)cc(OC)c5C[C@@H]4O)ccc3OC)c1)[C@@H](O)C2. The third-order valence-corrected chi connectivity index (χ3v) is 8.48. The highest BCUT2D eigenvalue weighted by Crippen LogP contribution is 2.47. The van der Waals surface area contributed by atoms with Gasteiger partial charge in [-0.05, 0) is 35.4 Å². The molecule has 4 aromatic carbocycles. The number of aliphatic hydroxyl groups excluding tert-OH is 2. The molecular weight excluding hydrogens is 608 g/mol. The Bertz CT molecular complexity index is 1630. The Morgan fingerprint density at radius 3 is 1.26 bits per heavy atom. The third-order valence-electron chi connectivity index (χ3n) is 8.48. The van der Waals surface area contributed by atoms with E-state index in [0.29, 0.717) is 81.5 Å². The summed E-state index contributed by atoms with van der Waals surface area (Å²) in [5, 5.41) is 22.4. The molecule has 0 unspecified atom stereocenters. The van der Waals surface area contributed by atoms with Gasteiger partial charge >= 0.3 is 0 Å². The van der Waals surface area contributed by atoms with Crippen LogP contribution in [0.1, 0.15) is 34.5 Å². The van der Waals surface area contributed by atoms with Gasteiger partial charge < -0.3 is 52.8 Å². The lowest BCUT2D eigenvalue weighted by Gasteiger charge is -2.32. The van der Waals surface area contributed by atoms with E-state index < -0.39 is 24.4 Å². The van der Waals surface area contributed by atoms with E-state index in [4.69, 9.17) is 42.6 Å². The van der Waals surface area contributed by atoms with E-state index >= 15 is 0 Å². The maximum Gasteiger partial charge on any atom is 0.169 e. The van der Waals surface area contributed by atoms with Gasteiger partial charge in [0, 0.05) is 48.2 Å². The average molecular weight is 647 g/mol. The summed E-state index contributed by atoms with van der Waals surface area (Å²) in [6.07, 6.45) is -2.52. The number of benzene rings is 4. The Labute approximate surface area is 273 Å². The minimum absolute atomic E-state index is 0.315. The Morgan fingerprint density at radius 2 is 0.894 bits per heavy atom. The highest BCUT2D eigenvalue weighted by Gasteiger charge is 2.35. The molecule has 248 valence electrons. The molecule has 0 aliphatic carbocycles. The van der Waals surface area contributed by atoms with Gasteiger partial charge in [-0.3, -0.25) is 0 Å². The maximum absolute atomic E-state index is 11.2. The number of hydrogen-bond acceptors (Lipinski definition) is 11. The molecule has 0 aromatic heterocycles. The minimum atomic E-state index is -0.867. The van der Waals surface area contributed by atoms with Crippen molar-refractivity contribution < 1.29 is 52.8 Å². The summed E-state index contributed by atoms with van der Waals surface area (Å²) >= 11 is 0. The van der Waals surface area contributed by atoms with Crippen LogP contribution in [0.4, 0.5) is 0 Å². The van der Waals surface area contributed by atoms with E-state index in [2.05, 4.69) is 0 Å². The Kier molecular flexibility index (Phi) is 9.10. The van der Waals surface area contributed by atoms with Crippen molar-refractivity contribution in [2.75, 3.05) is 42.7 Å². The fraction of sp³-hybridized carbons (Fsp3) is 0.333. The fourth-order valence-corrected chi connectivity index (χ4v) is 6.07. The van der Waals surface area contributed by atoms with Crippen LogP contribution < -0.4 is 42.6 Å². The van der Waals surface area contributed by atoms with Crippen LogP contribution in [0.3, 0.4) is 0 Å². The molecule has 0 radical (unpaired) electrons. The lowest BCUT2D eigenvalue weighted by molar-refractivity contribution is 0.0196. The summed E-state index contributed by atoms with van der Waals surface area (Å²) in [5.41, 5.74) is 2.85. The summed E-state index contributed by atoms with van der Waals surface area (Å²) in [5.74, 6) is 5.09. The predicted molar refractivity (Wildman–Crippen MR) is 171 cm³/mol. The molecule has 2 aliphatic heterocycles. The molecule has 0 saturated heterocycles.